The largest absolute Gasteiger partial charge is 0.366 e. The minimum atomic E-state index is -0.195. The van der Waals surface area contributed by atoms with Gasteiger partial charge < -0.3 is 15.6 Å². The second kappa shape index (κ2) is 8.78. The van der Waals surface area contributed by atoms with Gasteiger partial charge in [-0.3, -0.25) is 4.79 Å². The molecule has 0 aliphatic rings. The lowest BCUT2D eigenvalue weighted by Crippen LogP contribution is -2.27. The number of aryl methyl sites for hydroxylation is 2. The summed E-state index contributed by atoms with van der Waals surface area (Å²) in [6.45, 7) is 5.05. The summed E-state index contributed by atoms with van der Waals surface area (Å²) in [6, 6.07) is 18.1. The third kappa shape index (κ3) is 4.49. The van der Waals surface area contributed by atoms with E-state index in [1.54, 1.807) is 13.0 Å². The zero-order valence-corrected chi connectivity index (χ0v) is 17.2. The lowest BCUT2D eigenvalue weighted by molar-refractivity contribution is 0.0949. The third-order valence-corrected chi connectivity index (χ3v) is 5.15. The maximum atomic E-state index is 12.6. The molecule has 2 aromatic carbocycles. The van der Waals surface area contributed by atoms with E-state index < -0.39 is 0 Å². The number of nitrogens with one attached hydrogen (secondary N) is 3. The molecule has 0 aliphatic heterocycles. The molecule has 6 nitrogen and oxygen atoms in total. The zero-order valence-electron chi connectivity index (χ0n) is 17.2. The highest BCUT2D eigenvalue weighted by molar-refractivity contribution is 5.93. The Morgan fingerprint density at radius 2 is 1.80 bits per heavy atom. The molecule has 1 amide bonds. The monoisotopic (exact) mass is 399 g/mol. The number of H-pyrrole nitrogens is 1. The normalized spacial score (nSPS) is 10.9. The van der Waals surface area contributed by atoms with Crippen LogP contribution in [0.3, 0.4) is 0 Å². The molecule has 30 heavy (non-hydrogen) atoms. The van der Waals surface area contributed by atoms with Crippen LogP contribution in [-0.2, 0) is 13.0 Å². The van der Waals surface area contributed by atoms with Crippen LogP contribution >= 0.6 is 0 Å². The van der Waals surface area contributed by atoms with Gasteiger partial charge in [-0.2, -0.15) is 0 Å². The maximum absolute atomic E-state index is 12.6. The van der Waals surface area contributed by atoms with Crippen LogP contribution in [0.5, 0.6) is 0 Å². The van der Waals surface area contributed by atoms with Crippen molar-refractivity contribution in [3.63, 3.8) is 0 Å². The van der Waals surface area contributed by atoms with Gasteiger partial charge in [0.15, 0.2) is 0 Å². The molecule has 0 bridgehead atoms. The minimum absolute atomic E-state index is 0.195. The highest BCUT2D eigenvalue weighted by Gasteiger charge is 2.11. The molecule has 4 aromatic rings. The van der Waals surface area contributed by atoms with E-state index >= 15 is 0 Å². The van der Waals surface area contributed by atoms with E-state index in [1.165, 1.54) is 22.1 Å². The first-order valence-electron chi connectivity index (χ1n) is 10.1. The summed E-state index contributed by atoms with van der Waals surface area (Å²) in [5.41, 5.74) is 5.07. The number of hydrogen-bond donors (Lipinski definition) is 3. The van der Waals surface area contributed by atoms with Crippen molar-refractivity contribution in [1.82, 2.24) is 20.3 Å². The molecule has 0 spiro atoms. The molecule has 6 heteroatoms. The highest BCUT2D eigenvalue weighted by atomic mass is 16.1. The van der Waals surface area contributed by atoms with Gasteiger partial charge in [-0.05, 0) is 43.0 Å². The van der Waals surface area contributed by atoms with Crippen molar-refractivity contribution in [1.29, 1.82) is 0 Å². The fraction of sp³-hybridized carbons (Fsp3) is 0.208. The summed E-state index contributed by atoms with van der Waals surface area (Å²) in [5, 5.41) is 7.46. The fourth-order valence-corrected chi connectivity index (χ4v) is 3.51. The molecule has 0 saturated carbocycles. The van der Waals surface area contributed by atoms with Crippen LogP contribution in [0.1, 0.15) is 33.0 Å². The lowest BCUT2D eigenvalue weighted by Gasteiger charge is -2.10. The standard InChI is InChI=1S/C24H25N5O/c1-16-7-3-4-8-18(16)14-27-23-13-22(28-17(2)29-23)24(30)25-12-11-19-15-26-21-10-6-5-9-20(19)21/h3-10,13,15,26H,11-12,14H2,1-2H3,(H,25,30)(H,27,28,29). The predicted octanol–water partition coefficient (Wildman–Crippen LogP) is 4.16. The van der Waals surface area contributed by atoms with Gasteiger partial charge in [0.2, 0.25) is 0 Å². The Labute approximate surface area is 175 Å². The molecule has 0 unspecified atom stereocenters. The smallest absolute Gasteiger partial charge is 0.270 e. The number of anilines is 1. The number of para-hydroxylation sites is 1. The van der Waals surface area contributed by atoms with Crippen LogP contribution in [0, 0.1) is 13.8 Å². The van der Waals surface area contributed by atoms with Crippen molar-refractivity contribution in [3.8, 4) is 0 Å². The Kier molecular flexibility index (Phi) is 5.75. The minimum Gasteiger partial charge on any atom is -0.366 e. The van der Waals surface area contributed by atoms with Crippen molar-refractivity contribution in [2.45, 2.75) is 26.8 Å². The predicted molar refractivity (Wildman–Crippen MR) is 120 cm³/mol. The van der Waals surface area contributed by atoms with Crippen LogP contribution in [0.15, 0.2) is 60.8 Å². The number of carbonyl (C=O) groups is 1. The molecule has 2 heterocycles. The van der Waals surface area contributed by atoms with Crippen LogP contribution < -0.4 is 10.6 Å². The SMILES string of the molecule is Cc1nc(NCc2ccccc2C)cc(C(=O)NCCc2c[nH]c3ccccc23)n1. The van der Waals surface area contributed by atoms with Crippen molar-refractivity contribution in [2.24, 2.45) is 0 Å². The van der Waals surface area contributed by atoms with E-state index in [2.05, 4.69) is 50.7 Å². The Balaban J connectivity index is 1.38. The molecular formula is C24H25N5O. The highest BCUT2D eigenvalue weighted by Crippen LogP contribution is 2.18. The Morgan fingerprint density at radius 3 is 2.67 bits per heavy atom. The van der Waals surface area contributed by atoms with E-state index in [0.717, 1.165) is 11.9 Å². The van der Waals surface area contributed by atoms with Gasteiger partial charge in [0.25, 0.3) is 5.91 Å². The van der Waals surface area contributed by atoms with Crippen LogP contribution in [-0.4, -0.2) is 27.4 Å². The van der Waals surface area contributed by atoms with Crippen molar-refractivity contribution < 1.29 is 4.79 Å². The van der Waals surface area contributed by atoms with E-state index in [0.29, 0.717) is 30.4 Å². The molecule has 0 atom stereocenters. The van der Waals surface area contributed by atoms with Crippen LogP contribution in [0.2, 0.25) is 0 Å². The van der Waals surface area contributed by atoms with Gasteiger partial charge in [-0.25, -0.2) is 9.97 Å². The summed E-state index contributed by atoms with van der Waals surface area (Å²) in [7, 11) is 0. The van der Waals surface area contributed by atoms with Crippen molar-refractivity contribution in [2.75, 3.05) is 11.9 Å². The molecule has 0 fully saturated rings. The van der Waals surface area contributed by atoms with Gasteiger partial charge in [0, 0.05) is 36.3 Å². The van der Waals surface area contributed by atoms with E-state index in [-0.39, 0.29) is 5.91 Å². The molecule has 4 rings (SSSR count). The van der Waals surface area contributed by atoms with Gasteiger partial charge in [-0.1, -0.05) is 42.5 Å². The Morgan fingerprint density at radius 1 is 1.00 bits per heavy atom. The number of aromatic amines is 1. The lowest BCUT2D eigenvalue weighted by atomic mass is 10.1. The fourth-order valence-electron chi connectivity index (χ4n) is 3.51. The van der Waals surface area contributed by atoms with Crippen LogP contribution in [0.25, 0.3) is 10.9 Å². The van der Waals surface area contributed by atoms with Gasteiger partial charge >= 0.3 is 0 Å². The molecule has 2 aromatic heterocycles. The van der Waals surface area contributed by atoms with Gasteiger partial charge in [-0.15, -0.1) is 0 Å². The quantitative estimate of drug-likeness (QED) is 0.436. The van der Waals surface area contributed by atoms with E-state index in [1.807, 2.05) is 36.5 Å². The average Bonchev–Trinajstić information content (AvgIpc) is 3.16. The number of fused-ring (bicyclic) bond motifs is 1. The van der Waals surface area contributed by atoms with Crippen LogP contribution in [0.4, 0.5) is 5.82 Å². The van der Waals surface area contributed by atoms with Crippen molar-refractivity contribution >= 4 is 22.6 Å². The maximum Gasteiger partial charge on any atom is 0.270 e. The summed E-state index contributed by atoms with van der Waals surface area (Å²) in [5.74, 6) is 1.01. The average molecular weight is 399 g/mol. The number of rotatable bonds is 7. The summed E-state index contributed by atoms with van der Waals surface area (Å²) >= 11 is 0. The summed E-state index contributed by atoms with van der Waals surface area (Å²) in [6.07, 6.45) is 2.75. The second-order valence-corrected chi connectivity index (χ2v) is 7.33. The van der Waals surface area contributed by atoms with Crippen molar-refractivity contribution in [3.05, 3.63) is 89.0 Å². The summed E-state index contributed by atoms with van der Waals surface area (Å²) in [4.78, 5) is 24.6. The number of amides is 1. The molecule has 0 aliphatic carbocycles. The third-order valence-electron chi connectivity index (χ3n) is 5.15. The Bertz CT molecular complexity index is 1180. The number of aromatic nitrogens is 3. The van der Waals surface area contributed by atoms with Gasteiger partial charge in [0.1, 0.15) is 17.3 Å². The zero-order chi connectivity index (χ0) is 20.9. The number of benzene rings is 2. The molecule has 0 radical (unpaired) electrons. The number of hydrogen-bond acceptors (Lipinski definition) is 4. The summed E-state index contributed by atoms with van der Waals surface area (Å²) < 4.78 is 0. The van der Waals surface area contributed by atoms with Gasteiger partial charge in [0.05, 0.1) is 0 Å². The molecular weight excluding hydrogens is 374 g/mol. The first-order valence-corrected chi connectivity index (χ1v) is 10.1. The Hall–Kier alpha value is -3.67. The molecule has 3 N–H and O–H groups in total. The van der Waals surface area contributed by atoms with E-state index in [9.17, 15) is 4.79 Å². The van der Waals surface area contributed by atoms with E-state index in [4.69, 9.17) is 0 Å². The topological polar surface area (TPSA) is 82.7 Å². The number of carbonyl (C=O) groups excluding carboxylic acids is 1. The number of nitrogens with zero attached hydrogens (tertiary/aromatic N) is 2. The first kappa shape index (κ1) is 19.6. The molecule has 152 valence electrons. The second-order valence-electron chi connectivity index (χ2n) is 7.33. The first-order chi connectivity index (χ1) is 14.6. The molecule has 0 saturated heterocycles.